The van der Waals surface area contributed by atoms with Gasteiger partial charge in [0.15, 0.2) is 0 Å². The van der Waals surface area contributed by atoms with Crippen LogP contribution in [0.25, 0.3) is 0 Å². The van der Waals surface area contributed by atoms with Crippen LogP contribution in [-0.2, 0) is 4.79 Å². The smallest absolute Gasteiger partial charge is 0.116 e. The number of aldehydes is 1. The van der Waals surface area contributed by atoms with Gasteiger partial charge in [0.2, 0.25) is 0 Å². The maximum absolute atomic E-state index is 8.81. The highest BCUT2D eigenvalue weighted by Gasteiger charge is 1.24. The molecule has 0 saturated carbocycles. The lowest BCUT2D eigenvalue weighted by Gasteiger charge is -1.26. The van der Waals surface area contributed by atoms with Gasteiger partial charge < -0.3 is 4.79 Å². The molecule has 0 spiro atoms. The van der Waals surface area contributed by atoms with Crippen LogP contribution in [-0.4, -0.2) is 22.4 Å². The summed E-state index contributed by atoms with van der Waals surface area (Å²) in [5, 5.41) is 4.75. The number of carbonyl (C=O) groups is 1. The number of hydrogen-bond acceptors (Lipinski definition) is 4. The monoisotopic (exact) mass is 224 g/mol. The summed E-state index contributed by atoms with van der Waals surface area (Å²) in [5.74, 6) is 0. The first-order chi connectivity index (χ1) is 5.66. The van der Waals surface area contributed by atoms with Gasteiger partial charge in [0.25, 0.3) is 0 Å². The van der Waals surface area contributed by atoms with Crippen molar-refractivity contribution in [2.24, 2.45) is 0 Å². The van der Waals surface area contributed by atoms with E-state index in [1.54, 1.807) is 16.1 Å². The molecular weight excluding hydrogens is 208 g/mol. The molecule has 0 unspecified atom stereocenters. The van der Waals surface area contributed by atoms with E-state index in [-0.39, 0.29) is 0 Å². The number of rotatable bonds is 0. The molecule has 0 rings (SSSR count). The molecule has 1 nitrogen and oxygen atoms in total. The van der Waals surface area contributed by atoms with E-state index in [0.717, 1.165) is 6.29 Å². The highest BCUT2D eigenvalue weighted by Crippen LogP contribution is 1.33. The fourth-order valence-electron chi connectivity index (χ4n) is 0. The Balaban J connectivity index is -0.0000000356. The van der Waals surface area contributed by atoms with Crippen LogP contribution >= 0.6 is 36.7 Å². The predicted molar refractivity (Wildman–Crippen MR) is 69.7 cm³/mol. The van der Waals surface area contributed by atoms with E-state index in [9.17, 15) is 0 Å². The lowest BCUT2D eigenvalue weighted by atomic mass is 11.0. The van der Waals surface area contributed by atoms with Crippen molar-refractivity contribution in [3.05, 3.63) is 0 Å². The highest BCUT2D eigenvalue weighted by atomic mass is 32.1. The average Bonchev–Trinajstić information content (AvgIpc) is 1.92. The van der Waals surface area contributed by atoms with Crippen LogP contribution in [0.4, 0.5) is 0 Å². The third kappa shape index (κ3) is 221000. The second kappa shape index (κ2) is 69.6. The minimum atomic E-state index is 0.750. The molecule has 0 aliphatic rings. The SMILES string of the molecule is CC=O.CC=S.CC=S.CC=S. The third-order valence-electron chi connectivity index (χ3n) is 0. The maximum Gasteiger partial charge on any atom is 0.116 e. The standard InChI is InChI=1S/C2H4O.3C2H4S/c4*1-2-3/h4*2H,1H3. The molecule has 0 aromatic carbocycles. The van der Waals surface area contributed by atoms with Crippen molar-refractivity contribution in [3.8, 4) is 0 Å². The second-order valence-electron chi connectivity index (χ2n) is 0.943. The first-order valence-corrected chi connectivity index (χ1v) is 4.67. The lowest BCUT2D eigenvalue weighted by Crippen LogP contribution is -1.36. The largest absolute Gasteiger partial charge is 0.304 e. The molecule has 0 aromatic rings. The second-order valence-corrected chi connectivity index (χ2v) is 2.36. The molecule has 12 heavy (non-hydrogen) atoms. The molecule has 72 valence electrons. The van der Waals surface area contributed by atoms with Crippen molar-refractivity contribution >= 4 is 59.0 Å². The summed E-state index contributed by atoms with van der Waals surface area (Å²) in [4.78, 5) is 8.81. The Morgan fingerprint density at radius 1 is 0.750 bits per heavy atom. The summed E-state index contributed by atoms with van der Waals surface area (Å²) in [6.45, 7) is 6.89. The Kier molecular flexibility index (Phi) is 132. The van der Waals surface area contributed by atoms with Gasteiger partial charge in [-0.25, -0.2) is 0 Å². The van der Waals surface area contributed by atoms with Gasteiger partial charge in [0, 0.05) is 0 Å². The number of hydrogen-bond donors (Lipinski definition) is 0. The summed E-state index contributed by atoms with van der Waals surface area (Å²) >= 11 is 12.8. The normalized spacial score (nSPS) is 4.33. The maximum atomic E-state index is 8.81. The minimum absolute atomic E-state index is 0.750. The molecule has 0 heterocycles. The van der Waals surface area contributed by atoms with Crippen LogP contribution < -0.4 is 0 Å². The summed E-state index contributed by atoms with van der Waals surface area (Å²) < 4.78 is 0. The Bertz CT molecular complexity index is 68.3. The van der Waals surface area contributed by atoms with E-state index in [4.69, 9.17) is 4.79 Å². The molecule has 0 aliphatic carbocycles. The Labute approximate surface area is 91.5 Å². The van der Waals surface area contributed by atoms with Crippen molar-refractivity contribution < 1.29 is 4.79 Å². The topological polar surface area (TPSA) is 17.1 Å². The minimum Gasteiger partial charge on any atom is -0.304 e. The van der Waals surface area contributed by atoms with Gasteiger partial charge in [-0.1, -0.05) is 36.7 Å². The molecule has 0 N–H and O–H groups in total. The molecule has 0 aliphatic heterocycles. The molecule has 0 fully saturated rings. The van der Waals surface area contributed by atoms with Crippen molar-refractivity contribution in [1.29, 1.82) is 0 Å². The van der Waals surface area contributed by atoms with E-state index in [1.807, 2.05) is 20.8 Å². The van der Waals surface area contributed by atoms with Gasteiger partial charge in [-0.3, -0.25) is 0 Å². The molecule has 0 saturated heterocycles. The molecule has 0 radical (unpaired) electrons. The fourth-order valence-corrected chi connectivity index (χ4v) is 0. The highest BCUT2D eigenvalue weighted by molar-refractivity contribution is 7.79. The summed E-state index contributed by atoms with van der Waals surface area (Å²) in [6, 6.07) is 0. The van der Waals surface area contributed by atoms with E-state index in [2.05, 4.69) is 36.7 Å². The molecule has 4 heteroatoms. The van der Waals surface area contributed by atoms with Gasteiger partial charge in [0.1, 0.15) is 6.29 Å². The Hall–Kier alpha value is -0.0600. The number of thiocarbonyl (C=S) groups is 3. The van der Waals surface area contributed by atoms with Gasteiger partial charge in [-0.15, -0.1) is 0 Å². The number of carbonyl (C=O) groups excluding carboxylic acids is 1. The predicted octanol–water partition coefficient (Wildman–Crippen LogP) is 3.22. The lowest BCUT2D eigenvalue weighted by molar-refractivity contribution is -0.106. The van der Waals surface area contributed by atoms with Gasteiger partial charge in [-0.05, 0) is 43.8 Å². The van der Waals surface area contributed by atoms with Crippen molar-refractivity contribution in [3.63, 3.8) is 0 Å². The zero-order chi connectivity index (χ0) is 10.8. The first-order valence-electron chi connectivity index (χ1n) is 3.25. The van der Waals surface area contributed by atoms with Crippen LogP contribution in [0.3, 0.4) is 0 Å². The molecule has 0 atom stereocenters. The van der Waals surface area contributed by atoms with E-state index in [0.29, 0.717) is 0 Å². The van der Waals surface area contributed by atoms with Crippen LogP contribution in [0.5, 0.6) is 0 Å². The molecule has 0 aromatic heterocycles. The fraction of sp³-hybridized carbons (Fsp3) is 0.500. The Morgan fingerprint density at radius 2 is 0.750 bits per heavy atom. The zero-order valence-corrected chi connectivity index (χ0v) is 10.4. The summed E-state index contributed by atoms with van der Waals surface area (Å²) in [7, 11) is 0. The zero-order valence-electron chi connectivity index (χ0n) is 7.94. The van der Waals surface area contributed by atoms with Crippen LogP contribution in [0.1, 0.15) is 27.7 Å². The third-order valence-corrected chi connectivity index (χ3v) is 0. The van der Waals surface area contributed by atoms with Crippen molar-refractivity contribution in [1.82, 2.24) is 0 Å². The van der Waals surface area contributed by atoms with E-state index < -0.39 is 0 Å². The van der Waals surface area contributed by atoms with Gasteiger partial charge >= 0.3 is 0 Å². The van der Waals surface area contributed by atoms with E-state index in [1.165, 1.54) is 6.92 Å². The van der Waals surface area contributed by atoms with E-state index >= 15 is 0 Å². The summed E-state index contributed by atoms with van der Waals surface area (Å²) in [6.07, 6.45) is 0.750. The molecular formula is C8H16OS3. The van der Waals surface area contributed by atoms with Gasteiger partial charge in [0.05, 0.1) is 0 Å². The van der Waals surface area contributed by atoms with Crippen molar-refractivity contribution in [2.45, 2.75) is 27.7 Å². The van der Waals surface area contributed by atoms with Crippen LogP contribution in [0.2, 0.25) is 0 Å². The average molecular weight is 224 g/mol. The van der Waals surface area contributed by atoms with Crippen molar-refractivity contribution in [2.75, 3.05) is 0 Å². The van der Waals surface area contributed by atoms with Crippen LogP contribution in [0.15, 0.2) is 0 Å². The summed E-state index contributed by atoms with van der Waals surface area (Å²) in [5.41, 5.74) is 0. The first kappa shape index (κ1) is 22.7. The molecule has 0 amide bonds. The van der Waals surface area contributed by atoms with Gasteiger partial charge in [-0.2, -0.15) is 0 Å². The van der Waals surface area contributed by atoms with Crippen LogP contribution in [0, 0.1) is 0 Å². The Morgan fingerprint density at radius 3 is 0.750 bits per heavy atom. The molecule has 0 bridgehead atoms. The quantitative estimate of drug-likeness (QED) is 0.464.